The second-order valence-corrected chi connectivity index (χ2v) is 10.2. The van der Waals surface area contributed by atoms with Gasteiger partial charge in [-0.1, -0.05) is 0 Å². The predicted octanol–water partition coefficient (Wildman–Crippen LogP) is 1.83. The number of anilines is 2. The zero-order valence-electron chi connectivity index (χ0n) is 19.0. The largest absolute Gasteiger partial charge is 0.378 e. The highest BCUT2D eigenvalue weighted by atomic mass is 32.2. The lowest BCUT2D eigenvalue weighted by molar-refractivity contribution is 0.122. The summed E-state index contributed by atoms with van der Waals surface area (Å²) >= 11 is 0. The van der Waals surface area contributed by atoms with Crippen molar-refractivity contribution in [3.63, 3.8) is 0 Å². The molecule has 0 saturated carbocycles. The molecule has 2 N–H and O–H groups in total. The summed E-state index contributed by atoms with van der Waals surface area (Å²) in [6.07, 6.45) is 0.580. The fraction of sp³-hybridized carbons (Fsp3) is 0.500. The summed E-state index contributed by atoms with van der Waals surface area (Å²) in [6, 6.07) is 7.05. The van der Waals surface area contributed by atoms with Crippen LogP contribution in [0.15, 0.2) is 24.3 Å². The van der Waals surface area contributed by atoms with E-state index in [2.05, 4.69) is 15.5 Å². The molecule has 2 aliphatic rings. The van der Waals surface area contributed by atoms with Crippen LogP contribution in [-0.4, -0.2) is 73.9 Å². The van der Waals surface area contributed by atoms with Gasteiger partial charge in [0.2, 0.25) is 10.0 Å². The number of aromatic nitrogens is 2. The third kappa shape index (κ3) is 5.26. The second-order valence-electron chi connectivity index (χ2n) is 7.94. The summed E-state index contributed by atoms with van der Waals surface area (Å²) in [5, 5.41) is 5.47. The van der Waals surface area contributed by atoms with Crippen LogP contribution < -0.4 is 15.5 Å². The van der Waals surface area contributed by atoms with Gasteiger partial charge in [0, 0.05) is 43.0 Å². The fourth-order valence-electron chi connectivity index (χ4n) is 4.01. The number of amides is 2. The molecule has 3 heterocycles. The number of urea groups is 1. The summed E-state index contributed by atoms with van der Waals surface area (Å²) < 4.78 is 32.0. The van der Waals surface area contributed by atoms with Gasteiger partial charge in [-0.05, 0) is 44.5 Å². The Balaban J connectivity index is 1.68. The normalized spacial score (nSPS) is 16.8. The van der Waals surface area contributed by atoms with Crippen molar-refractivity contribution in [1.82, 2.24) is 19.6 Å². The van der Waals surface area contributed by atoms with Crippen LogP contribution in [0.25, 0.3) is 11.4 Å². The Labute approximate surface area is 194 Å². The Bertz CT molecular complexity index is 1100. The van der Waals surface area contributed by atoms with Crippen molar-refractivity contribution in [2.45, 2.75) is 26.8 Å². The lowest BCUT2D eigenvalue weighted by Crippen LogP contribution is -2.41. The van der Waals surface area contributed by atoms with Crippen LogP contribution in [0.2, 0.25) is 0 Å². The van der Waals surface area contributed by atoms with E-state index in [4.69, 9.17) is 14.7 Å². The number of benzene rings is 1. The molecule has 0 spiro atoms. The summed E-state index contributed by atoms with van der Waals surface area (Å²) in [4.78, 5) is 23.6. The first-order chi connectivity index (χ1) is 15.9. The van der Waals surface area contributed by atoms with E-state index in [-0.39, 0.29) is 18.3 Å². The summed E-state index contributed by atoms with van der Waals surface area (Å²) in [5.41, 5.74) is 3.22. The number of hydrogen-bond acceptors (Lipinski definition) is 7. The lowest BCUT2D eigenvalue weighted by Gasteiger charge is -2.33. The minimum Gasteiger partial charge on any atom is -0.378 e. The first kappa shape index (κ1) is 23.4. The van der Waals surface area contributed by atoms with Gasteiger partial charge in [0.15, 0.2) is 5.82 Å². The number of nitrogens with one attached hydrogen (secondary N) is 2. The van der Waals surface area contributed by atoms with Gasteiger partial charge in [-0.2, -0.15) is 4.31 Å². The Morgan fingerprint density at radius 2 is 1.82 bits per heavy atom. The van der Waals surface area contributed by atoms with Crippen LogP contribution in [0, 0.1) is 0 Å². The Hall–Kier alpha value is -2.76. The van der Waals surface area contributed by atoms with E-state index in [1.165, 1.54) is 4.31 Å². The molecule has 1 aromatic heterocycles. The van der Waals surface area contributed by atoms with Crippen molar-refractivity contribution in [3.8, 4) is 11.4 Å². The van der Waals surface area contributed by atoms with Crippen molar-refractivity contribution in [3.05, 3.63) is 35.5 Å². The molecule has 0 radical (unpaired) electrons. The van der Waals surface area contributed by atoms with Gasteiger partial charge in [0.1, 0.15) is 5.82 Å². The predicted molar refractivity (Wildman–Crippen MR) is 127 cm³/mol. The van der Waals surface area contributed by atoms with E-state index in [1.807, 2.05) is 19.1 Å². The molecular weight excluding hydrogens is 444 g/mol. The molecule has 0 unspecified atom stereocenters. The maximum Gasteiger partial charge on any atom is 0.319 e. The minimum atomic E-state index is -3.31. The summed E-state index contributed by atoms with van der Waals surface area (Å²) in [6.45, 7) is 7.46. The van der Waals surface area contributed by atoms with E-state index in [9.17, 15) is 13.2 Å². The zero-order chi connectivity index (χ0) is 23.4. The zero-order valence-corrected chi connectivity index (χ0v) is 19.8. The van der Waals surface area contributed by atoms with Gasteiger partial charge in [0.05, 0.1) is 31.2 Å². The van der Waals surface area contributed by atoms with Gasteiger partial charge in [-0.15, -0.1) is 0 Å². The number of sulfonamides is 1. The molecule has 1 fully saturated rings. The molecule has 4 rings (SSSR count). The van der Waals surface area contributed by atoms with Crippen molar-refractivity contribution in [1.29, 1.82) is 0 Å². The molecule has 0 bridgehead atoms. The quantitative estimate of drug-likeness (QED) is 0.656. The standard InChI is InChI=1S/C22H30N6O4S/c1-3-23-22(29)24-17-7-5-16(6-8-17)20-25-19-15-28(33(30,31)4-2)10-9-18(19)21(26-20)27-11-13-32-14-12-27/h5-8H,3-4,9-15H2,1-2H3,(H2,23,24,29). The van der Waals surface area contributed by atoms with Crippen LogP contribution in [-0.2, 0) is 27.7 Å². The average molecular weight is 475 g/mol. The highest BCUT2D eigenvalue weighted by molar-refractivity contribution is 7.89. The van der Waals surface area contributed by atoms with E-state index >= 15 is 0 Å². The molecule has 11 heteroatoms. The first-order valence-corrected chi connectivity index (χ1v) is 12.9. The second kappa shape index (κ2) is 10.0. The Morgan fingerprint density at radius 1 is 1.09 bits per heavy atom. The number of rotatable bonds is 6. The van der Waals surface area contributed by atoms with Gasteiger partial charge >= 0.3 is 6.03 Å². The van der Waals surface area contributed by atoms with Crippen LogP contribution >= 0.6 is 0 Å². The molecule has 2 aliphatic heterocycles. The SMILES string of the molecule is CCNC(=O)Nc1ccc(-c2nc3c(c(N4CCOCC4)n2)CCN(S(=O)(=O)CC)C3)cc1. The Kier molecular flexibility index (Phi) is 7.11. The smallest absolute Gasteiger partial charge is 0.319 e. The molecule has 1 saturated heterocycles. The van der Waals surface area contributed by atoms with Crippen LogP contribution in [0.3, 0.4) is 0 Å². The number of morpholine rings is 1. The van der Waals surface area contributed by atoms with E-state index in [0.717, 1.165) is 35.7 Å². The maximum atomic E-state index is 12.5. The van der Waals surface area contributed by atoms with Gasteiger partial charge < -0.3 is 20.3 Å². The number of carbonyl (C=O) groups is 1. The molecule has 10 nitrogen and oxygen atoms in total. The van der Waals surface area contributed by atoms with Crippen molar-refractivity contribution >= 4 is 27.6 Å². The number of nitrogens with zero attached hydrogens (tertiary/aromatic N) is 4. The molecule has 1 aromatic carbocycles. The summed E-state index contributed by atoms with van der Waals surface area (Å²) in [7, 11) is -3.31. The number of carbonyl (C=O) groups excluding carboxylic acids is 1. The van der Waals surface area contributed by atoms with Gasteiger partial charge in [-0.3, -0.25) is 0 Å². The van der Waals surface area contributed by atoms with Crippen LogP contribution in [0.5, 0.6) is 0 Å². The van der Waals surface area contributed by atoms with Crippen molar-refractivity contribution in [2.24, 2.45) is 0 Å². The topological polar surface area (TPSA) is 117 Å². The minimum absolute atomic E-state index is 0.0661. The highest BCUT2D eigenvalue weighted by Crippen LogP contribution is 2.31. The third-order valence-corrected chi connectivity index (χ3v) is 7.64. The van der Waals surface area contributed by atoms with Gasteiger partial charge in [0.25, 0.3) is 0 Å². The summed E-state index contributed by atoms with van der Waals surface area (Å²) in [5.74, 6) is 1.46. The molecule has 0 atom stereocenters. The molecule has 2 amide bonds. The van der Waals surface area contributed by atoms with E-state index in [1.54, 1.807) is 19.1 Å². The first-order valence-electron chi connectivity index (χ1n) is 11.3. The number of hydrogen-bond donors (Lipinski definition) is 2. The van der Waals surface area contributed by atoms with Crippen LogP contribution in [0.1, 0.15) is 25.1 Å². The molecule has 33 heavy (non-hydrogen) atoms. The van der Waals surface area contributed by atoms with Crippen LogP contribution in [0.4, 0.5) is 16.3 Å². The molecular formula is C22H30N6O4S. The monoisotopic (exact) mass is 474 g/mol. The highest BCUT2D eigenvalue weighted by Gasteiger charge is 2.30. The molecule has 178 valence electrons. The average Bonchev–Trinajstić information content (AvgIpc) is 2.84. The van der Waals surface area contributed by atoms with Crippen molar-refractivity contribution < 1.29 is 17.9 Å². The molecule has 2 aromatic rings. The molecule has 0 aliphatic carbocycles. The van der Waals surface area contributed by atoms with Gasteiger partial charge in [-0.25, -0.2) is 23.2 Å². The lowest BCUT2D eigenvalue weighted by atomic mass is 10.1. The Morgan fingerprint density at radius 3 is 2.48 bits per heavy atom. The third-order valence-electron chi connectivity index (χ3n) is 5.82. The van der Waals surface area contributed by atoms with E-state index in [0.29, 0.717) is 44.2 Å². The van der Waals surface area contributed by atoms with Crippen molar-refractivity contribution in [2.75, 3.05) is 55.4 Å². The van der Waals surface area contributed by atoms with E-state index < -0.39 is 10.0 Å². The number of ether oxygens (including phenoxy) is 1. The maximum absolute atomic E-state index is 12.5. The number of fused-ring (bicyclic) bond motifs is 1. The fourth-order valence-corrected chi connectivity index (χ4v) is 5.06.